The zero-order chi connectivity index (χ0) is 20.1. The van der Waals surface area contributed by atoms with Gasteiger partial charge in [-0.15, -0.1) is 0 Å². The van der Waals surface area contributed by atoms with Crippen molar-refractivity contribution in [2.45, 2.75) is 57.9 Å². The molecule has 1 saturated heterocycles. The van der Waals surface area contributed by atoms with Crippen molar-refractivity contribution < 1.29 is 19.1 Å². The third-order valence-electron chi connectivity index (χ3n) is 5.13. The van der Waals surface area contributed by atoms with Crippen molar-refractivity contribution in [3.63, 3.8) is 0 Å². The average molecular weight is 389 g/mol. The zero-order valence-corrected chi connectivity index (χ0v) is 17.0. The van der Waals surface area contributed by atoms with Crippen molar-refractivity contribution in [3.8, 4) is 0 Å². The molecule has 0 unspecified atom stereocenters. The number of nitrogens with one attached hydrogen (secondary N) is 1. The van der Waals surface area contributed by atoms with Crippen molar-refractivity contribution in [3.05, 3.63) is 35.9 Å². The van der Waals surface area contributed by atoms with Crippen LogP contribution in [0.5, 0.6) is 0 Å². The van der Waals surface area contributed by atoms with E-state index in [1.54, 1.807) is 4.90 Å². The van der Waals surface area contributed by atoms with Crippen LogP contribution in [0.25, 0.3) is 0 Å². The van der Waals surface area contributed by atoms with Gasteiger partial charge >= 0.3 is 12.2 Å². The highest BCUT2D eigenvalue weighted by atomic mass is 16.6. The van der Waals surface area contributed by atoms with Gasteiger partial charge in [0.2, 0.25) is 0 Å². The molecule has 7 heteroatoms. The van der Waals surface area contributed by atoms with Crippen LogP contribution in [0.2, 0.25) is 0 Å². The van der Waals surface area contributed by atoms with Gasteiger partial charge < -0.3 is 19.7 Å². The molecule has 0 bridgehead atoms. The summed E-state index contributed by atoms with van der Waals surface area (Å²) < 4.78 is 10.7. The standard InChI is InChI=1S/C21H31N3O4/c1-21(2,3)28-19(25)22-17-13-18(14-17)23-9-11-24(12-10-23)20(26)27-15-16-7-5-4-6-8-16/h4-8,17-18H,9-15H2,1-3H3,(H,22,25)/t17-,18-. The van der Waals surface area contributed by atoms with Gasteiger partial charge in [0.25, 0.3) is 0 Å². The molecule has 0 atom stereocenters. The fourth-order valence-electron chi connectivity index (χ4n) is 3.56. The summed E-state index contributed by atoms with van der Waals surface area (Å²) in [6.07, 6.45) is 1.26. The van der Waals surface area contributed by atoms with Crippen LogP contribution in [-0.4, -0.2) is 65.9 Å². The monoisotopic (exact) mass is 389 g/mol. The molecule has 1 aromatic carbocycles. The smallest absolute Gasteiger partial charge is 0.410 e. The maximum absolute atomic E-state index is 12.2. The molecule has 2 amide bonds. The van der Waals surface area contributed by atoms with E-state index in [0.29, 0.717) is 25.7 Å². The Bertz CT molecular complexity index is 660. The first kappa shape index (κ1) is 20.5. The van der Waals surface area contributed by atoms with Gasteiger partial charge in [-0.3, -0.25) is 4.90 Å². The van der Waals surface area contributed by atoms with Gasteiger partial charge in [-0.05, 0) is 39.2 Å². The van der Waals surface area contributed by atoms with Crippen LogP contribution in [-0.2, 0) is 16.1 Å². The first-order chi connectivity index (χ1) is 13.3. The first-order valence-corrected chi connectivity index (χ1v) is 9.99. The highest BCUT2D eigenvalue weighted by molar-refractivity contribution is 5.68. The van der Waals surface area contributed by atoms with Gasteiger partial charge in [-0.2, -0.15) is 0 Å². The summed E-state index contributed by atoms with van der Waals surface area (Å²) in [4.78, 5) is 28.2. The molecule has 0 aromatic heterocycles. The van der Waals surface area contributed by atoms with Crippen LogP contribution < -0.4 is 5.32 Å². The average Bonchev–Trinajstić information content (AvgIpc) is 2.62. The molecule has 1 saturated carbocycles. The van der Waals surface area contributed by atoms with E-state index >= 15 is 0 Å². The van der Waals surface area contributed by atoms with Crippen LogP contribution in [0.1, 0.15) is 39.2 Å². The number of carbonyl (C=O) groups excluding carboxylic acids is 2. The molecule has 154 valence electrons. The van der Waals surface area contributed by atoms with E-state index in [1.165, 1.54) is 0 Å². The van der Waals surface area contributed by atoms with Crippen molar-refractivity contribution >= 4 is 12.2 Å². The summed E-state index contributed by atoms with van der Waals surface area (Å²) in [6.45, 7) is 8.92. The normalized spacial score (nSPS) is 22.9. The lowest BCUT2D eigenvalue weighted by atomic mass is 9.85. The van der Waals surface area contributed by atoms with E-state index in [4.69, 9.17) is 9.47 Å². The Kier molecular flexibility index (Phi) is 6.44. The lowest BCUT2D eigenvalue weighted by Crippen LogP contribution is -2.59. The van der Waals surface area contributed by atoms with E-state index in [-0.39, 0.29) is 18.2 Å². The molecule has 28 heavy (non-hydrogen) atoms. The van der Waals surface area contributed by atoms with Crippen molar-refractivity contribution in [1.29, 1.82) is 0 Å². The molecular weight excluding hydrogens is 358 g/mol. The summed E-state index contributed by atoms with van der Waals surface area (Å²) in [5.74, 6) is 0. The summed E-state index contributed by atoms with van der Waals surface area (Å²) in [7, 11) is 0. The lowest BCUT2D eigenvalue weighted by Gasteiger charge is -2.46. The van der Waals surface area contributed by atoms with Gasteiger partial charge in [0.1, 0.15) is 12.2 Å². The Morgan fingerprint density at radius 1 is 1.07 bits per heavy atom. The molecule has 1 N–H and O–H groups in total. The fourth-order valence-corrected chi connectivity index (χ4v) is 3.56. The minimum absolute atomic E-state index is 0.175. The number of rotatable bonds is 4. The number of hydrogen-bond acceptors (Lipinski definition) is 5. The number of piperazine rings is 1. The highest BCUT2D eigenvalue weighted by Gasteiger charge is 2.37. The second-order valence-corrected chi connectivity index (χ2v) is 8.53. The Morgan fingerprint density at radius 3 is 2.32 bits per heavy atom. The van der Waals surface area contributed by atoms with Crippen molar-refractivity contribution in [2.24, 2.45) is 0 Å². The minimum Gasteiger partial charge on any atom is -0.445 e. The zero-order valence-electron chi connectivity index (χ0n) is 17.0. The van der Waals surface area contributed by atoms with Crippen LogP contribution in [0, 0.1) is 0 Å². The van der Waals surface area contributed by atoms with Gasteiger partial charge in [0, 0.05) is 38.3 Å². The Morgan fingerprint density at radius 2 is 1.71 bits per heavy atom. The third-order valence-corrected chi connectivity index (χ3v) is 5.13. The Hall–Kier alpha value is -2.28. The molecule has 0 spiro atoms. The van der Waals surface area contributed by atoms with Gasteiger partial charge in [-0.25, -0.2) is 9.59 Å². The SMILES string of the molecule is CC(C)(C)OC(=O)N[C@H]1C[C@H](N2CCN(C(=O)OCc3ccccc3)CC2)C1. The fraction of sp³-hybridized carbons (Fsp3) is 0.619. The molecule has 1 heterocycles. The number of benzene rings is 1. The highest BCUT2D eigenvalue weighted by Crippen LogP contribution is 2.27. The molecule has 1 aliphatic carbocycles. The van der Waals surface area contributed by atoms with Gasteiger partial charge in [-0.1, -0.05) is 30.3 Å². The number of carbonyl (C=O) groups is 2. The third kappa shape index (κ3) is 5.86. The molecule has 2 fully saturated rings. The number of nitrogens with zero attached hydrogens (tertiary/aromatic N) is 2. The quantitative estimate of drug-likeness (QED) is 0.857. The number of alkyl carbamates (subject to hydrolysis) is 1. The van der Waals surface area contributed by atoms with E-state index in [9.17, 15) is 9.59 Å². The molecule has 3 rings (SSSR count). The summed E-state index contributed by atoms with van der Waals surface area (Å²) >= 11 is 0. The molecule has 2 aliphatic rings. The van der Waals surface area contributed by atoms with Gasteiger partial charge in [0.15, 0.2) is 0 Å². The van der Waals surface area contributed by atoms with Crippen LogP contribution in [0.15, 0.2) is 30.3 Å². The molecule has 1 aromatic rings. The van der Waals surface area contributed by atoms with E-state index < -0.39 is 5.60 Å². The number of hydrogen-bond donors (Lipinski definition) is 1. The second-order valence-electron chi connectivity index (χ2n) is 8.53. The van der Waals surface area contributed by atoms with Crippen LogP contribution in [0.4, 0.5) is 9.59 Å². The summed E-state index contributed by atoms with van der Waals surface area (Å²) in [6, 6.07) is 10.3. The van der Waals surface area contributed by atoms with E-state index in [0.717, 1.165) is 31.5 Å². The topological polar surface area (TPSA) is 71.1 Å². The number of ether oxygens (including phenoxy) is 2. The van der Waals surface area contributed by atoms with Crippen molar-refractivity contribution in [1.82, 2.24) is 15.1 Å². The van der Waals surface area contributed by atoms with Crippen LogP contribution >= 0.6 is 0 Å². The predicted octanol–water partition coefficient (Wildman–Crippen LogP) is 3.00. The largest absolute Gasteiger partial charge is 0.445 e. The van der Waals surface area contributed by atoms with E-state index in [1.807, 2.05) is 51.1 Å². The maximum atomic E-state index is 12.2. The summed E-state index contributed by atoms with van der Waals surface area (Å²) in [5.41, 5.74) is 0.520. The Balaban J connectivity index is 1.33. The van der Waals surface area contributed by atoms with Crippen molar-refractivity contribution in [2.75, 3.05) is 26.2 Å². The Labute approximate surface area is 167 Å². The molecule has 7 nitrogen and oxygen atoms in total. The van der Waals surface area contributed by atoms with E-state index in [2.05, 4.69) is 10.2 Å². The molecule has 0 radical (unpaired) electrons. The second kappa shape index (κ2) is 8.82. The predicted molar refractivity (Wildman–Crippen MR) is 106 cm³/mol. The van der Waals surface area contributed by atoms with Crippen LogP contribution in [0.3, 0.4) is 0 Å². The summed E-state index contributed by atoms with van der Waals surface area (Å²) in [5, 5.41) is 2.93. The lowest BCUT2D eigenvalue weighted by molar-refractivity contribution is 0.0230. The molecular formula is C21H31N3O4. The number of amides is 2. The molecule has 1 aliphatic heterocycles. The minimum atomic E-state index is -0.474. The van der Waals surface area contributed by atoms with Gasteiger partial charge in [0.05, 0.1) is 0 Å². The maximum Gasteiger partial charge on any atom is 0.410 e. The first-order valence-electron chi connectivity index (χ1n) is 9.99.